The van der Waals surface area contributed by atoms with Crippen molar-refractivity contribution in [3.05, 3.63) is 65.9 Å². The van der Waals surface area contributed by atoms with Gasteiger partial charge in [-0.15, -0.1) is 5.10 Å². The van der Waals surface area contributed by atoms with Crippen LogP contribution in [-0.2, 0) is 19.1 Å². The monoisotopic (exact) mass is 544 g/mol. The number of aryl methyl sites for hydroxylation is 1. The lowest BCUT2D eigenvalue weighted by molar-refractivity contribution is 0.0921. The summed E-state index contributed by atoms with van der Waals surface area (Å²) in [6, 6.07) is 7.85. The van der Waals surface area contributed by atoms with Crippen molar-refractivity contribution in [3.8, 4) is 11.3 Å². The maximum atomic E-state index is 13.2. The molecule has 12 nitrogen and oxygen atoms in total. The van der Waals surface area contributed by atoms with E-state index in [1.54, 1.807) is 34.9 Å². The molecule has 0 saturated carbocycles. The van der Waals surface area contributed by atoms with Crippen LogP contribution >= 0.6 is 0 Å². The molecule has 4 heterocycles. The molecule has 3 N–H and O–H groups in total. The molecule has 1 aromatic carbocycles. The average molecular weight is 545 g/mol. The second-order valence-electron chi connectivity index (χ2n) is 11.3. The van der Waals surface area contributed by atoms with Crippen molar-refractivity contribution in [2.75, 3.05) is 18.4 Å². The number of β-amino-alcohol motifs (C(OH)–C–C–N with tert-alkyl or cyclic N) is 1. The van der Waals surface area contributed by atoms with Gasteiger partial charge in [-0.2, -0.15) is 5.10 Å². The first-order chi connectivity index (χ1) is 19.0. The lowest BCUT2D eigenvalue weighted by Crippen LogP contribution is -2.32. The molecule has 0 radical (unpaired) electrons. The highest BCUT2D eigenvalue weighted by Gasteiger charge is 2.27. The highest BCUT2D eigenvalue weighted by Crippen LogP contribution is 2.31. The van der Waals surface area contributed by atoms with Crippen LogP contribution < -0.4 is 10.6 Å². The lowest BCUT2D eigenvalue weighted by atomic mass is 9.96. The number of aromatic nitrogens is 7. The van der Waals surface area contributed by atoms with Crippen LogP contribution in [0.4, 0.5) is 11.6 Å². The molecule has 1 unspecified atom stereocenters. The first-order valence-electron chi connectivity index (χ1n) is 13.4. The van der Waals surface area contributed by atoms with E-state index in [1.165, 1.54) is 0 Å². The minimum atomic E-state index is -0.465. The third-order valence-electron chi connectivity index (χ3n) is 6.80. The molecular weight excluding hydrogens is 508 g/mol. The minimum absolute atomic E-state index is 0.219. The summed E-state index contributed by atoms with van der Waals surface area (Å²) in [4.78, 5) is 24.5. The number of amides is 1. The van der Waals surface area contributed by atoms with Crippen molar-refractivity contribution >= 4 is 17.5 Å². The van der Waals surface area contributed by atoms with Crippen molar-refractivity contribution < 1.29 is 9.90 Å². The third kappa shape index (κ3) is 6.35. The number of fused-ring (bicyclic) bond motifs is 1. The van der Waals surface area contributed by atoms with E-state index in [1.807, 2.05) is 46.1 Å². The molecule has 4 aromatic rings. The zero-order valence-corrected chi connectivity index (χ0v) is 23.5. The molecule has 2 atom stereocenters. The molecule has 1 amide bonds. The summed E-state index contributed by atoms with van der Waals surface area (Å²) in [7, 11) is 1.85. The van der Waals surface area contributed by atoms with Crippen LogP contribution in [0.25, 0.3) is 11.3 Å². The summed E-state index contributed by atoms with van der Waals surface area (Å²) in [5.41, 5.74) is 4.63. The number of carbonyl (C=O) groups excluding carboxylic acids is 1. The second kappa shape index (κ2) is 11.1. The van der Waals surface area contributed by atoms with E-state index in [2.05, 4.69) is 48.1 Å². The quantitative estimate of drug-likeness (QED) is 0.320. The Morgan fingerprint density at radius 3 is 2.75 bits per heavy atom. The fourth-order valence-electron chi connectivity index (χ4n) is 4.83. The maximum absolute atomic E-state index is 13.2. The van der Waals surface area contributed by atoms with Crippen molar-refractivity contribution in [1.29, 1.82) is 0 Å². The Bertz CT molecular complexity index is 1490. The number of aliphatic hydroxyl groups excluding tert-OH is 1. The number of nitrogens with zero attached hydrogens (tertiary/aromatic N) is 8. The molecular formula is C28H36N10O2. The van der Waals surface area contributed by atoms with E-state index in [-0.39, 0.29) is 23.2 Å². The van der Waals surface area contributed by atoms with Gasteiger partial charge in [0, 0.05) is 44.6 Å². The third-order valence-corrected chi connectivity index (χ3v) is 6.80. The van der Waals surface area contributed by atoms with Crippen molar-refractivity contribution in [2.45, 2.75) is 58.3 Å². The van der Waals surface area contributed by atoms with Crippen molar-refractivity contribution in [2.24, 2.45) is 7.05 Å². The van der Waals surface area contributed by atoms with E-state index in [0.29, 0.717) is 25.5 Å². The van der Waals surface area contributed by atoms with Gasteiger partial charge in [0.05, 0.1) is 41.5 Å². The summed E-state index contributed by atoms with van der Waals surface area (Å²) in [5, 5.41) is 28.9. The van der Waals surface area contributed by atoms with Gasteiger partial charge in [0.15, 0.2) is 5.69 Å². The van der Waals surface area contributed by atoms with Gasteiger partial charge in [0.1, 0.15) is 0 Å². The predicted octanol–water partition coefficient (Wildman–Crippen LogP) is 3.02. The lowest BCUT2D eigenvalue weighted by Gasteiger charge is -2.22. The molecule has 12 heteroatoms. The molecule has 210 valence electrons. The molecule has 1 aliphatic rings. The number of anilines is 2. The van der Waals surface area contributed by atoms with Gasteiger partial charge in [0.25, 0.3) is 5.91 Å². The van der Waals surface area contributed by atoms with E-state index < -0.39 is 6.10 Å². The van der Waals surface area contributed by atoms with Gasteiger partial charge in [0.2, 0.25) is 5.95 Å². The smallest absolute Gasteiger partial charge is 0.273 e. The van der Waals surface area contributed by atoms with Gasteiger partial charge in [-0.05, 0) is 57.4 Å². The summed E-state index contributed by atoms with van der Waals surface area (Å²) in [6.07, 6.45) is 7.21. The number of hydrogen-bond acceptors (Lipinski definition) is 9. The number of aliphatic hydroxyl groups is 1. The molecule has 0 aliphatic carbocycles. The largest absolute Gasteiger partial charge is 0.392 e. The zero-order chi connectivity index (χ0) is 28.4. The standard InChI is InChI=1S/C28H36N10O2/c1-18(39)14-37-11-9-24(32-26(40)25-17-38(35-34-25)28(2,3)4)22-7-6-19(12-20(22)15-37)23-8-10-29-27(33-23)31-21-13-30-36(5)16-21/h6-8,10,12-13,16-18,24,39H,9,11,14-15H2,1-5H3,(H,32,40)(H,29,31,33)/t18?,24-/m1/s1. The maximum Gasteiger partial charge on any atom is 0.273 e. The molecule has 0 fully saturated rings. The SMILES string of the molecule is CC(O)CN1CC[C@@H](NC(=O)c2cn(C(C)(C)C)nn2)c2ccc(-c3ccnc(Nc4cnn(C)c4)n3)cc2C1. The molecule has 1 aliphatic heterocycles. The Kier molecular flexibility index (Phi) is 7.63. The van der Waals surface area contributed by atoms with Crippen LogP contribution in [-0.4, -0.2) is 69.8 Å². The number of benzene rings is 1. The van der Waals surface area contributed by atoms with Crippen LogP contribution in [0.1, 0.15) is 61.8 Å². The number of nitrogens with one attached hydrogen (secondary N) is 2. The van der Waals surface area contributed by atoms with Crippen molar-refractivity contribution in [1.82, 2.24) is 45.0 Å². The summed E-state index contributed by atoms with van der Waals surface area (Å²) < 4.78 is 3.40. The van der Waals surface area contributed by atoms with Gasteiger partial charge >= 0.3 is 0 Å². The Hall–Kier alpha value is -4.16. The average Bonchev–Trinajstić information content (AvgIpc) is 3.52. The fraction of sp³-hybridized carbons (Fsp3) is 0.429. The van der Waals surface area contributed by atoms with E-state index in [4.69, 9.17) is 4.98 Å². The van der Waals surface area contributed by atoms with Gasteiger partial charge in [-0.25, -0.2) is 14.6 Å². The highest BCUT2D eigenvalue weighted by molar-refractivity contribution is 5.92. The first-order valence-corrected chi connectivity index (χ1v) is 13.4. The molecule has 5 rings (SSSR count). The molecule has 0 saturated heterocycles. The van der Waals surface area contributed by atoms with E-state index in [9.17, 15) is 9.90 Å². The Balaban J connectivity index is 1.42. The number of rotatable bonds is 7. The van der Waals surface area contributed by atoms with Crippen molar-refractivity contribution in [3.63, 3.8) is 0 Å². The molecule has 3 aromatic heterocycles. The number of hydrogen-bond donors (Lipinski definition) is 3. The topological polar surface area (TPSA) is 139 Å². The number of carbonyl (C=O) groups is 1. The van der Waals surface area contributed by atoms with E-state index >= 15 is 0 Å². The highest BCUT2D eigenvalue weighted by atomic mass is 16.3. The van der Waals surface area contributed by atoms with Crippen LogP contribution in [0.5, 0.6) is 0 Å². The van der Waals surface area contributed by atoms with Crippen LogP contribution in [0.15, 0.2) is 49.1 Å². The Labute approximate surface area is 233 Å². The van der Waals surface area contributed by atoms with Gasteiger partial charge in [-0.3, -0.25) is 14.4 Å². The Morgan fingerprint density at radius 1 is 1.23 bits per heavy atom. The summed E-state index contributed by atoms with van der Waals surface area (Å²) in [6.45, 7) is 9.72. The van der Waals surface area contributed by atoms with Crippen LogP contribution in [0.2, 0.25) is 0 Å². The minimum Gasteiger partial charge on any atom is -0.392 e. The van der Waals surface area contributed by atoms with Gasteiger partial charge in [-0.1, -0.05) is 17.3 Å². The predicted molar refractivity (Wildman–Crippen MR) is 151 cm³/mol. The fourth-order valence-corrected chi connectivity index (χ4v) is 4.83. The molecule has 40 heavy (non-hydrogen) atoms. The normalized spacial score (nSPS) is 16.7. The second-order valence-corrected chi connectivity index (χ2v) is 11.3. The van der Waals surface area contributed by atoms with Crippen LogP contribution in [0.3, 0.4) is 0 Å². The summed E-state index contributed by atoms with van der Waals surface area (Å²) in [5.74, 6) is 0.214. The van der Waals surface area contributed by atoms with E-state index in [0.717, 1.165) is 34.6 Å². The molecule has 0 bridgehead atoms. The van der Waals surface area contributed by atoms with Crippen LogP contribution in [0, 0.1) is 0 Å². The first kappa shape index (κ1) is 27.4. The molecule has 0 spiro atoms. The zero-order valence-electron chi connectivity index (χ0n) is 23.5. The van der Waals surface area contributed by atoms with Gasteiger partial charge < -0.3 is 15.7 Å². The Morgan fingerprint density at radius 2 is 2.05 bits per heavy atom. The summed E-state index contributed by atoms with van der Waals surface area (Å²) >= 11 is 0.